The first-order valence-corrected chi connectivity index (χ1v) is 8.61. The SMILES string of the molecule is CSN1CCc2cc(-c3cnc(C4CC4)nc3)ncc2C1. The smallest absolute Gasteiger partial charge is 0.131 e. The van der Waals surface area contributed by atoms with E-state index in [9.17, 15) is 0 Å². The molecule has 5 heteroatoms. The van der Waals surface area contributed by atoms with Crippen molar-refractivity contribution in [3.05, 3.63) is 41.6 Å². The summed E-state index contributed by atoms with van der Waals surface area (Å²) in [5.41, 5.74) is 4.77. The van der Waals surface area contributed by atoms with Gasteiger partial charge in [-0.25, -0.2) is 14.3 Å². The minimum Gasteiger partial charge on any atom is -0.256 e. The van der Waals surface area contributed by atoms with Crippen molar-refractivity contribution >= 4 is 11.9 Å². The molecule has 0 amide bonds. The van der Waals surface area contributed by atoms with Crippen LogP contribution in [0.4, 0.5) is 0 Å². The summed E-state index contributed by atoms with van der Waals surface area (Å²) < 4.78 is 2.37. The Labute approximate surface area is 129 Å². The number of hydrogen-bond acceptors (Lipinski definition) is 5. The Bertz CT molecular complexity index is 652. The van der Waals surface area contributed by atoms with E-state index >= 15 is 0 Å². The molecule has 0 saturated heterocycles. The summed E-state index contributed by atoms with van der Waals surface area (Å²) in [7, 11) is 0. The minimum absolute atomic E-state index is 0.605. The molecule has 4 rings (SSSR count). The summed E-state index contributed by atoms with van der Waals surface area (Å²) >= 11 is 1.81. The number of hydrogen-bond donors (Lipinski definition) is 0. The maximum atomic E-state index is 4.61. The maximum absolute atomic E-state index is 4.61. The van der Waals surface area contributed by atoms with Crippen molar-refractivity contribution in [3.63, 3.8) is 0 Å². The van der Waals surface area contributed by atoms with Crippen LogP contribution in [-0.2, 0) is 13.0 Å². The molecule has 108 valence electrons. The average Bonchev–Trinajstić information content (AvgIpc) is 3.39. The highest BCUT2D eigenvalue weighted by atomic mass is 32.2. The van der Waals surface area contributed by atoms with E-state index in [4.69, 9.17) is 0 Å². The zero-order chi connectivity index (χ0) is 14.2. The van der Waals surface area contributed by atoms with Crippen LogP contribution in [0.25, 0.3) is 11.3 Å². The van der Waals surface area contributed by atoms with Crippen LogP contribution in [0.5, 0.6) is 0 Å². The van der Waals surface area contributed by atoms with Crippen molar-refractivity contribution in [3.8, 4) is 11.3 Å². The lowest BCUT2D eigenvalue weighted by atomic mass is 10.0. The van der Waals surface area contributed by atoms with Gasteiger partial charge < -0.3 is 0 Å². The quantitative estimate of drug-likeness (QED) is 0.815. The lowest BCUT2D eigenvalue weighted by molar-refractivity contribution is 0.445. The topological polar surface area (TPSA) is 41.9 Å². The van der Waals surface area contributed by atoms with E-state index in [0.29, 0.717) is 5.92 Å². The molecule has 3 heterocycles. The molecule has 1 fully saturated rings. The van der Waals surface area contributed by atoms with Crippen LogP contribution in [0.15, 0.2) is 24.7 Å². The summed E-state index contributed by atoms with van der Waals surface area (Å²) in [5, 5.41) is 0. The lowest BCUT2D eigenvalue weighted by Crippen LogP contribution is -2.24. The van der Waals surface area contributed by atoms with Crippen LogP contribution in [0, 0.1) is 0 Å². The number of aromatic nitrogens is 3. The summed E-state index contributed by atoms with van der Waals surface area (Å²) in [6, 6.07) is 2.21. The molecule has 0 atom stereocenters. The lowest BCUT2D eigenvalue weighted by Gasteiger charge is -2.26. The van der Waals surface area contributed by atoms with Crippen LogP contribution in [-0.4, -0.2) is 32.1 Å². The molecule has 2 aromatic heterocycles. The molecule has 1 saturated carbocycles. The van der Waals surface area contributed by atoms with Gasteiger partial charge >= 0.3 is 0 Å². The molecular weight excluding hydrogens is 280 g/mol. The molecule has 0 aromatic carbocycles. The Morgan fingerprint density at radius 3 is 2.62 bits per heavy atom. The van der Waals surface area contributed by atoms with E-state index in [1.165, 1.54) is 24.0 Å². The van der Waals surface area contributed by atoms with E-state index < -0.39 is 0 Å². The summed E-state index contributed by atoms with van der Waals surface area (Å²) in [6.07, 6.45) is 11.6. The normalized spacial score (nSPS) is 18.5. The summed E-state index contributed by atoms with van der Waals surface area (Å²) in [4.78, 5) is 13.6. The van der Waals surface area contributed by atoms with Crippen LogP contribution < -0.4 is 0 Å². The van der Waals surface area contributed by atoms with Crippen LogP contribution >= 0.6 is 11.9 Å². The molecule has 21 heavy (non-hydrogen) atoms. The third kappa shape index (κ3) is 2.68. The van der Waals surface area contributed by atoms with Crippen LogP contribution in [0.1, 0.15) is 35.7 Å². The van der Waals surface area contributed by atoms with Crippen molar-refractivity contribution < 1.29 is 0 Å². The maximum Gasteiger partial charge on any atom is 0.131 e. The summed E-state index contributed by atoms with van der Waals surface area (Å²) in [6.45, 7) is 2.09. The van der Waals surface area contributed by atoms with Crippen molar-refractivity contribution in [2.24, 2.45) is 0 Å². The van der Waals surface area contributed by atoms with Gasteiger partial charge in [-0.2, -0.15) is 0 Å². The zero-order valence-corrected chi connectivity index (χ0v) is 12.9. The van der Waals surface area contributed by atoms with E-state index in [2.05, 4.69) is 31.6 Å². The van der Waals surface area contributed by atoms with Crippen LogP contribution in [0.2, 0.25) is 0 Å². The van der Waals surface area contributed by atoms with Gasteiger partial charge in [0.25, 0.3) is 0 Å². The Balaban J connectivity index is 1.60. The molecule has 0 radical (unpaired) electrons. The Hall–Kier alpha value is -1.46. The molecule has 0 spiro atoms. The van der Waals surface area contributed by atoms with Gasteiger partial charge in [0, 0.05) is 43.2 Å². The van der Waals surface area contributed by atoms with Gasteiger partial charge in [-0.15, -0.1) is 0 Å². The van der Waals surface area contributed by atoms with Crippen molar-refractivity contribution in [1.29, 1.82) is 0 Å². The summed E-state index contributed by atoms with van der Waals surface area (Å²) in [5.74, 6) is 1.60. The third-order valence-electron chi connectivity index (χ3n) is 4.23. The first-order chi connectivity index (χ1) is 10.3. The van der Waals surface area contributed by atoms with Gasteiger partial charge in [0.2, 0.25) is 0 Å². The van der Waals surface area contributed by atoms with Crippen molar-refractivity contribution in [1.82, 2.24) is 19.3 Å². The van der Waals surface area contributed by atoms with Crippen molar-refractivity contribution in [2.45, 2.75) is 31.7 Å². The molecular formula is C16H18N4S. The first kappa shape index (κ1) is 13.2. The fourth-order valence-electron chi connectivity index (χ4n) is 2.75. The molecule has 4 nitrogen and oxygen atoms in total. The standard InChI is InChI=1S/C16H18N4S/c1-21-20-5-4-12-6-15(17-9-14(12)10-20)13-7-18-16(19-8-13)11-2-3-11/h6-9,11H,2-5,10H2,1H3. The van der Waals surface area contributed by atoms with Crippen molar-refractivity contribution in [2.75, 3.05) is 12.8 Å². The van der Waals surface area contributed by atoms with E-state index in [1.807, 2.05) is 18.6 Å². The molecule has 1 aliphatic heterocycles. The highest BCUT2D eigenvalue weighted by Crippen LogP contribution is 2.38. The molecule has 2 aliphatic rings. The second-order valence-corrected chi connectivity index (χ2v) is 6.62. The van der Waals surface area contributed by atoms with Gasteiger partial charge in [0.15, 0.2) is 0 Å². The van der Waals surface area contributed by atoms with E-state index in [1.54, 1.807) is 11.9 Å². The Morgan fingerprint density at radius 1 is 1.10 bits per heavy atom. The third-order valence-corrected chi connectivity index (χ3v) is 5.06. The molecule has 0 bridgehead atoms. The number of pyridine rings is 1. The van der Waals surface area contributed by atoms with Gasteiger partial charge in [-0.05, 0) is 42.7 Å². The first-order valence-electron chi connectivity index (χ1n) is 7.42. The fourth-order valence-corrected chi connectivity index (χ4v) is 3.29. The second kappa shape index (κ2) is 5.39. The largest absolute Gasteiger partial charge is 0.256 e. The number of nitrogens with zero attached hydrogens (tertiary/aromatic N) is 4. The Morgan fingerprint density at radius 2 is 1.90 bits per heavy atom. The molecule has 0 N–H and O–H groups in total. The zero-order valence-electron chi connectivity index (χ0n) is 12.1. The monoisotopic (exact) mass is 298 g/mol. The predicted molar refractivity (Wildman–Crippen MR) is 84.9 cm³/mol. The fraction of sp³-hybridized carbons (Fsp3) is 0.438. The van der Waals surface area contributed by atoms with E-state index in [-0.39, 0.29) is 0 Å². The van der Waals surface area contributed by atoms with Gasteiger partial charge in [0.1, 0.15) is 5.82 Å². The highest BCUT2D eigenvalue weighted by molar-refractivity contribution is 7.96. The molecule has 1 aliphatic carbocycles. The highest BCUT2D eigenvalue weighted by Gasteiger charge is 2.26. The van der Waals surface area contributed by atoms with Crippen LogP contribution in [0.3, 0.4) is 0 Å². The predicted octanol–water partition coefficient (Wildman–Crippen LogP) is 3.05. The molecule has 2 aromatic rings. The average molecular weight is 298 g/mol. The molecule has 0 unspecified atom stereocenters. The van der Waals surface area contributed by atoms with E-state index in [0.717, 1.165) is 36.6 Å². The second-order valence-electron chi connectivity index (χ2n) is 5.74. The number of fused-ring (bicyclic) bond motifs is 1. The number of rotatable bonds is 3. The van der Waals surface area contributed by atoms with Gasteiger partial charge in [0.05, 0.1) is 5.69 Å². The Kier molecular flexibility index (Phi) is 3.39. The van der Waals surface area contributed by atoms with Gasteiger partial charge in [-0.1, -0.05) is 11.9 Å². The minimum atomic E-state index is 0.605. The van der Waals surface area contributed by atoms with Gasteiger partial charge in [-0.3, -0.25) is 4.98 Å².